The highest BCUT2D eigenvalue weighted by Crippen LogP contribution is 2.38. The number of rotatable bonds is 0. The van der Waals surface area contributed by atoms with Crippen molar-refractivity contribution in [3.8, 4) is 0 Å². The Morgan fingerprint density at radius 1 is 1.38 bits per heavy atom. The van der Waals surface area contributed by atoms with Gasteiger partial charge >= 0.3 is 0 Å². The number of carbonyl (C=O) groups excluding carboxylic acids is 1. The molecule has 3 rings (SSSR count). The summed E-state index contributed by atoms with van der Waals surface area (Å²) in [6.45, 7) is 1.58. The zero-order valence-electron chi connectivity index (χ0n) is 8.99. The number of benzene rings is 1. The number of amides is 1. The van der Waals surface area contributed by atoms with Crippen LogP contribution in [-0.4, -0.2) is 26.0 Å². The molecule has 1 aliphatic rings. The van der Waals surface area contributed by atoms with Gasteiger partial charge in [-0.3, -0.25) is 4.79 Å². The number of carbonyl (C=O) groups is 1. The minimum Gasteiger partial charge on any atom is -0.364 e. The van der Waals surface area contributed by atoms with Crippen LogP contribution in [0, 0.1) is 0 Å². The van der Waals surface area contributed by atoms with Crippen LogP contribution in [0.3, 0.4) is 0 Å². The quantitative estimate of drug-likeness (QED) is 0.754. The average Bonchev–Trinajstić information content (AvgIpc) is 2.61. The third-order valence-corrected chi connectivity index (χ3v) is 4.17. The number of anilines is 1. The lowest BCUT2D eigenvalue weighted by atomic mass is 10.1. The van der Waals surface area contributed by atoms with Gasteiger partial charge in [-0.1, -0.05) is 18.2 Å². The molecule has 0 saturated heterocycles. The van der Waals surface area contributed by atoms with Gasteiger partial charge in [0.2, 0.25) is 0 Å². The van der Waals surface area contributed by atoms with Gasteiger partial charge in [-0.2, -0.15) is 0 Å². The Morgan fingerprint density at radius 3 is 3.06 bits per heavy atom. The van der Waals surface area contributed by atoms with Crippen LogP contribution in [0.5, 0.6) is 0 Å². The van der Waals surface area contributed by atoms with Crippen LogP contribution in [0.1, 0.15) is 10.4 Å². The van der Waals surface area contributed by atoms with E-state index in [4.69, 9.17) is 0 Å². The fraction of sp³-hybridized carbons (Fsp3) is 0.250. The van der Waals surface area contributed by atoms with Crippen LogP contribution in [-0.2, 0) is 0 Å². The highest BCUT2D eigenvalue weighted by Gasteiger charge is 2.23. The molecule has 0 unspecified atom stereocenters. The van der Waals surface area contributed by atoms with Gasteiger partial charge in [0, 0.05) is 30.2 Å². The maximum absolute atomic E-state index is 12.0. The van der Waals surface area contributed by atoms with E-state index in [2.05, 4.69) is 16.3 Å². The first-order chi connectivity index (χ1) is 7.77. The van der Waals surface area contributed by atoms with Crippen molar-refractivity contribution < 1.29 is 4.79 Å². The van der Waals surface area contributed by atoms with E-state index in [-0.39, 0.29) is 5.91 Å². The van der Waals surface area contributed by atoms with Crippen molar-refractivity contribution in [2.45, 2.75) is 0 Å². The number of thiophene rings is 1. The number of nitrogens with zero attached hydrogens (tertiary/aromatic N) is 1. The molecule has 0 spiro atoms. The van der Waals surface area contributed by atoms with Crippen LogP contribution in [0.2, 0.25) is 0 Å². The summed E-state index contributed by atoms with van der Waals surface area (Å²) in [7, 11) is 2.04. The first-order valence-corrected chi connectivity index (χ1v) is 6.10. The lowest BCUT2D eigenvalue weighted by Gasteiger charge is -2.13. The van der Waals surface area contributed by atoms with Gasteiger partial charge in [0.1, 0.15) is 5.00 Å². The summed E-state index contributed by atoms with van der Waals surface area (Å²) in [4.78, 5) is 14.1. The Labute approximate surface area is 97.7 Å². The Kier molecular flexibility index (Phi) is 2.11. The molecule has 3 nitrogen and oxygen atoms in total. The van der Waals surface area contributed by atoms with Crippen LogP contribution in [0.4, 0.5) is 5.00 Å². The van der Waals surface area contributed by atoms with Crippen LogP contribution >= 0.6 is 11.3 Å². The molecular formula is C12H12N2OS. The van der Waals surface area contributed by atoms with Crippen molar-refractivity contribution >= 4 is 32.3 Å². The van der Waals surface area contributed by atoms with Gasteiger partial charge < -0.3 is 10.2 Å². The van der Waals surface area contributed by atoms with E-state index >= 15 is 0 Å². The molecule has 0 radical (unpaired) electrons. The van der Waals surface area contributed by atoms with E-state index in [0.29, 0.717) is 6.54 Å². The van der Waals surface area contributed by atoms with Crippen molar-refractivity contribution in [2.24, 2.45) is 0 Å². The topological polar surface area (TPSA) is 32.3 Å². The van der Waals surface area contributed by atoms with Gasteiger partial charge in [0.15, 0.2) is 0 Å². The summed E-state index contributed by atoms with van der Waals surface area (Å²) in [5, 5.41) is 5.08. The molecule has 0 bridgehead atoms. The molecule has 1 aromatic heterocycles. The molecule has 0 atom stereocenters. The Morgan fingerprint density at radius 2 is 2.19 bits per heavy atom. The van der Waals surface area contributed by atoms with Crippen molar-refractivity contribution in [1.29, 1.82) is 0 Å². The molecule has 0 fully saturated rings. The summed E-state index contributed by atoms with van der Waals surface area (Å²) in [5.74, 6) is 0.0526. The van der Waals surface area contributed by atoms with Crippen molar-refractivity contribution in [1.82, 2.24) is 5.32 Å². The fourth-order valence-corrected chi connectivity index (χ4v) is 3.23. The van der Waals surface area contributed by atoms with Gasteiger partial charge in [-0.25, -0.2) is 0 Å². The molecule has 1 aromatic carbocycles. The molecule has 1 N–H and O–H groups in total. The number of fused-ring (bicyclic) bond motifs is 3. The van der Waals surface area contributed by atoms with E-state index in [9.17, 15) is 4.79 Å². The van der Waals surface area contributed by atoms with Crippen LogP contribution < -0.4 is 10.2 Å². The number of nitrogens with one attached hydrogen (secondary N) is 1. The highest BCUT2D eigenvalue weighted by atomic mass is 32.1. The standard InChI is InChI=1S/C12H12N2OS/c1-14-7-6-13-11(15)10-8-4-2-3-5-9(8)16-12(10)14/h2-5H,6-7H2,1H3,(H,13,15). The van der Waals surface area contributed by atoms with Crippen LogP contribution in [0.25, 0.3) is 10.1 Å². The normalized spacial score (nSPS) is 15.8. The molecule has 2 heterocycles. The van der Waals surface area contributed by atoms with Crippen molar-refractivity contribution in [3.63, 3.8) is 0 Å². The third kappa shape index (κ3) is 1.30. The predicted octanol–water partition coefficient (Wildman–Crippen LogP) is 2.08. The summed E-state index contributed by atoms with van der Waals surface area (Å²) in [6.07, 6.45) is 0. The van der Waals surface area contributed by atoms with Gasteiger partial charge in [0.05, 0.1) is 5.56 Å². The van der Waals surface area contributed by atoms with Crippen molar-refractivity contribution in [3.05, 3.63) is 29.8 Å². The Balaban J connectivity index is 2.33. The van der Waals surface area contributed by atoms with Gasteiger partial charge in [0.25, 0.3) is 5.91 Å². The van der Waals surface area contributed by atoms with E-state index in [1.165, 1.54) is 4.70 Å². The summed E-state index contributed by atoms with van der Waals surface area (Å²) >= 11 is 1.69. The maximum Gasteiger partial charge on any atom is 0.254 e. The summed E-state index contributed by atoms with van der Waals surface area (Å²) in [5.41, 5.74) is 0.834. The molecule has 0 saturated carbocycles. The number of hydrogen-bond donors (Lipinski definition) is 1. The largest absolute Gasteiger partial charge is 0.364 e. The number of hydrogen-bond acceptors (Lipinski definition) is 3. The summed E-state index contributed by atoms with van der Waals surface area (Å²) in [6, 6.07) is 8.07. The van der Waals surface area contributed by atoms with Gasteiger partial charge in [-0.05, 0) is 6.07 Å². The van der Waals surface area contributed by atoms with Crippen molar-refractivity contribution in [2.75, 3.05) is 25.0 Å². The highest BCUT2D eigenvalue weighted by molar-refractivity contribution is 7.23. The lowest BCUT2D eigenvalue weighted by molar-refractivity contribution is 0.0960. The van der Waals surface area contributed by atoms with E-state index in [0.717, 1.165) is 22.5 Å². The molecule has 82 valence electrons. The molecular weight excluding hydrogens is 220 g/mol. The molecule has 1 aliphatic heterocycles. The zero-order chi connectivity index (χ0) is 11.1. The van der Waals surface area contributed by atoms with E-state index < -0.39 is 0 Å². The smallest absolute Gasteiger partial charge is 0.254 e. The first kappa shape index (κ1) is 9.66. The fourth-order valence-electron chi connectivity index (χ4n) is 2.05. The minimum absolute atomic E-state index is 0.0526. The molecule has 4 heteroatoms. The molecule has 0 aliphatic carbocycles. The van der Waals surface area contributed by atoms with E-state index in [1.807, 2.05) is 25.2 Å². The SMILES string of the molecule is CN1CCNC(=O)c2c1sc1ccccc21. The van der Waals surface area contributed by atoms with E-state index in [1.54, 1.807) is 11.3 Å². The van der Waals surface area contributed by atoms with Gasteiger partial charge in [-0.15, -0.1) is 11.3 Å². The first-order valence-electron chi connectivity index (χ1n) is 5.28. The zero-order valence-corrected chi connectivity index (χ0v) is 9.80. The molecule has 2 aromatic rings. The minimum atomic E-state index is 0.0526. The maximum atomic E-state index is 12.0. The molecule has 16 heavy (non-hydrogen) atoms. The predicted molar refractivity (Wildman–Crippen MR) is 67.4 cm³/mol. The second-order valence-corrected chi connectivity index (χ2v) is 4.99. The monoisotopic (exact) mass is 232 g/mol. The third-order valence-electron chi connectivity index (χ3n) is 2.88. The number of likely N-dealkylation sites (N-methyl/N-ethyl adjacent to an activating group) is 1. The lowest BCUT2D eigenvalue weighted by Crippen LogP contribution is -2.27. The molecule has 1 amide bonds. The summed E-state index contributed by atoms with van der Waals surface area (Å²) < 4.78 is 1.18. The Bertz CT molecular complexity index is 561. The average molecular weight is 232 g/mol. The Hall–Kier alpha value is -1.55. The van der Waals surface area contributed by atoms with Crippen LogP contribution in [0.15, 0.2) is 24.3 Å². The second kappa shape index (κ2) is 3.49. The second-order valence-electron chi connectivity index (χ2n) is 3.96.